The first-order chi connectivity index (χ1) is 9.29. The van der Waals surface area contributed by atoms with Crippen LogP contribution >= 0.6 is 0 Å². The fourth-order valence-electron chi connectivity index (χ4n) is 3.07. The molecule has 1 N–H and O–H groups in total. The zero-order valence-corrected chi connectivity index (χ0v) is 11.5. The van der Waals surface area contributed by atoms with Crippen LogP contribution in [0.1, 0.15) is 24.9 Å². The van der Waals surface area contributed by atoms with Gasteiger partial charge in [-0.05, 0) is 38.1 Å². The van der Waals surface area contributed by atoms with Gasteiger partial charge in [-0.3, -0.25) is 0 Å². The number of benzene rings is 1. The molecule has 104 valence electrons. The molecule has 1 aromatic rings. The molecular weight excluding hydrogens is 242 g/mol. The van der Waals surface area contributed by atoms with Crippen LogP contribution in [0, 0.1) is 5.92 Å². The van der Waals surface area contributed by atoms with E-state index in [1.165, 1.54) is 5.56 Å². The minimum atomic E-state index is 0.297. The van der Waals surface area contributed by atoms with Gasteiger partial charge in [0, 0.05) is 18.6 Å². The molecule has 3 unspecified atom stereocenters. The molecule has 2 aliphatic heterocycles. The van der Waals surface area contributed by atoms with Gasteiger partial charge in [-0.1, -0.05) is 6.07 Å². The largest absolute Gasteiger partial charge is 0.486 e. The molecule has 0 amide bonds. The maximum atomic E-state index is 5.69. The normalized spacial score (nSPS) is 27.3. The van der Waals surface area contributed by atoms with Crippen LogP contribution in [0.4, 0.5) is 0 Å². The summed E-state index contributed by atoms with van der Waals surface area (Å²) in [6.07, 6.45) is 1.40. The van der Waals surface area contributed by atoms with E-state index in [4.69, 9.17) is 14.2 Å². The SMILES string of the molecule is CNC(c1ccc2c(c1)OCCO2)C1CCOC1C. The topological polar surface area (TPSA) is 39.7 Å². The van der Waals surface area contributed by atoms with Gasteiger partial charge in [0.15, 0.2) is 11.5 Å². The van der Waals surface area contributed by atoms with Gasteiger partial charge in [0.05, 0.1) is 6.10 Å². The van der Waals surface area contributed by atoms with Gasteiger partial charge in [-0.25, -0.2) is 0 Å². The summed E-state index contributed by atoms with van der Waals surface area (Å²) in [7, 11) is 2.01. The zero-order chi connectivity index (χ0) is 13.2. The van der Waals surface area contributed by atoms with Gasteiger partial charge in [0.25, 0.3) is 0 Å². The van der Waals surface area contributed by atoms with Crippen molar-refractivity contribution < 1.29 is 14.2 Å². The van der Waals surface area contributed by atoms with Crippen molar-refractivity contribution in [3.63, 3.8) is 0 Å². The minimum Gasteiger partial charge on any atom is -0.486 e. The Labute approximate surface area is 114 Å². The Bertz CT molecular complexity index is 449. The van der Waals surface area contributed by atoms with E-state index < -0.39 is 0 Å². The highest BCUT2D eigenvalue weighted by Crippen LogP contribution is 2.37. The van der Waals surface area contributed by atoms with Crippen LogP contribution in [0.15, 0.2) is 18.2 Å². The van der Waals surface area contributed by atoms with Crippen molar-refractivity contribution in [2.45, 2.75) is 25.5 Å². The fourth-order valence-corrected chi connectivity index (χ4v) is 3.07. The molecule has 0 aromatic heterocycles. The van der Waals surface area contributed by atoms with Gasteiger partial charge in [-0.2, -0.15) is 0 Å². The van der Waals surface area contributed by atoms with Crippen LogP contribution in [0.3, 0.4) is 0 Å². The monoisotopic (exact) mass is 263 g/mol. The molecule has 0 saturated carbocycles. The number of ether oxygens (including phenoxy) is 3. The summed E-state index contributed by atoms with van der Waals surface area (Å²) >= 11 is 0. The third kappa shape index (κ3) is 2.42. The molecule has 2 aliphatic rings. The Morgan fingerprint density at radius 1 is 1.16 bits per heavy atom. The van der Waals surface area contributed by atoms with E-state index in [0.717, 1.165) is 24.5 Å². The van der Waals surface area contributed by atoms with E-state index in [0.29, 0.717) is 31.3 Å². The number of hydrogen-bond acceptors (Lipinski definition) is 4. The Morgan fingerprint density at radius 2 is 1.95 bits per heavy atom. The molecule has 0 spiro atoms. The third-order valence-electron chi connectivity index (χ3n) is 4.10. The lowest BCUT2D eigenvalue weighted by Crippen LogP contribution is -2.29. The van der Waals surface area contributed by atoms with Gasteiger partial charge in [0.1, 0.15) is 13.2 Å². The molecule has 19 heavy (non-hydrogen) atoms. The molecule has 4 nitrogen and oxygen atoms in total. The van der Waals surface area contributed by atoms with Crippen molar-refractivity contribution >= 4 is 0 Å². The van der Waals surface area contributed by atoms with Crippen molar-refractivity contribution in [1.29, 1.82) is 0 Å². The summed E-state index contributed by atoms with van der Waals surface area (Å²) in [5.41, 5.74) is 1.24. The Kier molecular flexibility index (Phi) is 3.62. The van der Waals surface area contributed by atoms with Gasteiger partial charge < -0.3 is 19.5 Å². The van der Waals surface area contributed by atoms with E-state index in [9.17, 15) is 0 Å². The maximum Gasteiger partial charge on any atom is 0.161 e. The lowest BCUT2D eigenvalue weighted by atomic mass is 9.88. The molecule has 0 radical (unpaired) electrons. The lowest BCUT2D eigenvalue weighted by molar-refractivity contribution is 0.0962. The van der Waals surface area contributed by atoms with Crippen molar-refractivity contribution in [3.05, 3.63) is 23.8 Å². The summed E-state index contributed by atoms with van der Waals surface area (Å²) < 4.78 is 16.9. The second-order valence-corrected chi connectivity index (χ2v) is 5.20. The maximum absolute atomic E-state index is 5.69. The molecule has 3 rings (SSSR count). The molecule has 1 saturated heterocycles. The van der Waals surface area contributed by atoms with E-state index in [2.05, 4.69) is 24.4 Å². The standard InChI is InChI=1S/C15H21NO3/c1-10-12(5-6-17-10)15(16-2)11-3-4-13-14(9-11)19-8-7-18-13/h3-4,9-10,12,15-16H,5-8H2,1-2H3. The van der Waals surface area contributed by atoms with Crippen LogP contribution in [-0.2, 0) is 4.74 Å². The molecule has 1 fully saturated rings. The van der Waals surface area contributed by atoms with Crippen LogP contribution in [0.25, 0.3) is 0 Å². The smallest absolute Gasteiger partial charge is 0.161 e. The van der Waals surface area contributed by atoms with Crippen LogP contribution in [-0.4, -0.2) is 33.0 Å². The van der Waals surface area contributed by atoms with E-state index in [1.54, 1.807) is 0 Å². The summed E-state index contributed by atoms with van der Waals surface area (Å²) in [5.74, 6) is 2.21. The average molecular weight is 263 g/mol. The predicted octanol–water partition coefficient (Wildman–Crippen LogP) is 2.14. The minimum absolute atomic E-state index is 0.297. The van der Waals surface area contributed by atoms with E-state index in [1.807, 2.05) is 13.1 Å². The third-order valence-corrected chi connectivity index (χ3v) is 4.10. The lowest BCUT2D eigenvalue weighted by Gasteiger charge is -2.27. The van der Waals surface area contributed by atoms with E-state index in [-0.39, 0.29) is 0 Å². The second kappa shape index (κ2) is 5.39. The van der Waals surface area contributed by atoms with Crippen LogP contribution in [0.5, 0.6) is 11.5 Å². The summed E-state index contributed by atoms with van der Waals surface area (Å²) in [5, 5.41) is 3.42. The second-order valence-electron chi connectivity index (χ2n) is 5.20. The Balaban J connectivity index is 1.86. The highest BCUT2D eigenvalue weighted by atomic mass is 16.6. The zero-order valence-electron chi connectivity index (χ0n) is 11.5. The molecular formula is C15H21NO3. The van der Waals surface area contributed by atoms with Gasteiger partial charge >= 0.3 is 0 Å². The molecule has 2 heterocycles. The first-order valence-corrected chi connectivity index (χ1v) is 6.98. The van der Waals surface area contributed by atoms with Crippen molar-refractivity contribution in [3.8, 4) is 11.5 Å². The average Bonchev–Trinajstić information content (AvgIpc) is 2.86. The van der Waals surface area contributed by atoms with Gasteiger partial charge in [0.2, 0.25) is 0 Å². The molecule has 1 aromatic carbocycles. The summed E-state index contributed by atoms with van der Waals surface area (Å²) in [4.78, 5) is 0. The first kappa shape index (κ1) is 12.8. The number of hydrogen-bond donors (Lipinski definition) is 1. The van der Waals surface area contributed by atoms with Crippen LogP contribution in [0.2, 0.25) is 0 Å². The molecule has 0 bridgehead atoms. The Morgan fingerprint density at radius 3 is 2.63 bits per heavy atom. The highest BCUT2D eigenvalue weighted by molar-refractivity contribution is 5.44. The highest BCUT2D eigenvalue weighted by Gasteiger charge is 2.32. The van der Waals surface area contributed by atoms with Gasteiger partial charge in [-0.15, -0.1) is 0 Å². The number of nitrogens with one attached hydrogen (secondary N) is 1. The predicted molar refractivity (Wildman–Crippen MR) is 72.8 cm³/mol. The molecule has 0 aliphatic carbocycles. The Hall–Kier alpha value is -1.26. The number of fused-ring (bicyclic) bond motifs is 1. The van der Waals surface area contributed by atoms with Crippen molar-refractivity contribution in [2.75, 3.05) is 26.9 Å². The quantitative estimate of drug-likeness (QED) is 0.907. The van der Waals surface area contributed by atoms with Crippen LogP contribution < -0.4 is 14.8 Å². The molecule has 4 heteroatoms. The number of rotatable bonds is 3. The summed E-state index contributed by atoms with van der Waals surface area (Å²) in [6.45, 7) is 4.27. The summed E-state index contributed by atoms with van der Waals surface area (Å²) in [6, 6.07) is 6.53. The van der Waals surface area contributed by atoms with Crippen molar-refractivity contribution in [2.24, 2.45) is 5.92 Å². The fraction of sp³-hybridized carbons (Fsp3) is 0.600. The van der Waals surface area contributed by atoms with Crippen molar-refractivity contribution in [1.82, 2.24) is 5.32 Å². The molecule has 3 atom stereocenters. The first-order valence-electron chi connectivity index (χ1n) is 6.98. The van der Waals surface area contributed by atoms with E-state index >= 15 is 0 Å².